The van der Waals surface area contributed by atoms with Crippen molar-refractivity contribution < 1.29 is 18.6 Å². The molecule has 106 valence electrons. The zero-order valence-electron chi connectivity index (χ0n) is 10.6. The molecule has 0 saturated carbocycles. The number of amides is 1. The van der Waals surface area contributed by atoms with Gasteiger partial charge in [-0.2, -0.15) is 0 Å². The third-order valence-electron chi connectivity index (χ3n) is 2.81. The molecule has 0 atom stereocenters. The maximum absolute atomic E-state index is 12.5. The molecule has 0 saturated heterocycles. The van der Waals surface area contributed by atoms with Crippen molar-refractivity contribution in [2.24, 2.45) is 0 Å². The lowest BCUT2D eigenvalue weighted by molar-refractivity contribution is 0.0747. The molecule has 0 bridgehead atoms. The van der Waals surface area contributed by atoms with E-state index in [4.69, 9.17) is 20.9 Å². The van der Waals surface area contributed by atoms with Gasteiger partial charge in [0.15, 0.2) is 6.26 Å². The van der Waals surface area contributed by atoms with Crippen LogP contribution < -0.4 is 4.74 Å². The van der Waals surface area contributed by atoms with Crippen LogP contribution in [0.4, 0.5) is 0 Å². The maximum Gasteiger partial charge on any atom is 0.397 e. The molecule has 0 aliphatic carbocycles. The molecule has 0 spiro atoms. The van der Waals surface area contributed by atoms with E-state index in [-0.39, 0.29) is 11.8 Å². The van der Waals surface area contributed by atoms with Crippen molar-refractivity contribution in [3.8, 4) is 5.75 Å². The normalized spacial score (nSPS) is 14.3. The number of hydrogen-bond donors (Lipinski definition) is 0. The number of hydrogen-bond acceptors (Lipinski definition) is 4. The third-order valence-corrected chi connectivity index (χ3v) is 3.34. The lowest BCUT2D eigenvalue weighted by atomic mass is 10.1. The number of para-hydroxylation sites is 1. The Labute approximate surface area is 123 Å². The number of benzene rings is 1. The molecule has 1 amide bonds. The SMILES string of the molecule is O=POC1=COc2ccccc2C(=O)N1CCCCCl. The molecule has 0 aromatic heterocycles. The molecule has 1 heterocycles. The fraction of sp³-hybridized carbons (Fsp3) is 0.308. The average molecular weight is 314 g/mol. The number of fused-ring (bicyclic) bond motifs is 1. The first-order chi connectivity index (χ1) is 9.77. The number of unbranched alkanes of at least 4 members (excludes halogenated alkanes) is 1. The van der Waals surface area contributed by atoms with Crippen LogP contribution in [0.15, 0.2) is 36.4 Å². The van der Waals surface area contributed by atoms with Gasteiger partial charge in [-0.3, -0.25) is 9.69 Å². The van der Waals surface area contributed by atoms with Crippen LogP contribution in [0.25, 0.3) is 0 Å². The Morgan fingerprint density at radius 1 is 1.30 bits per heavy atom. The van der Waals surface area contributed by atoms with E-state index in [9.17, 15) is 9.36 Å². The first-order valence-electron chi connectivity index (χ1n) is 6.11. The van der Waals surface area contributed by atoms with Crippen molar-refractivity contribution in [3.63, 3.8) is 0 Å². The smallest absolute Gasteiger partial charge is 0.397 e. The van der Waals surface area contributed by atoms with E-state index in [0.717, 1.165) is 6.42 Å². The molecule has 1 aliphatic rings. The van der Waals surface area contributed by atoms with Crippen molar-refractivity contribution in [1.82, 2.24) is 4.90 Å². The number of rotatable bonds is 6. The van der Waals surface area contributed by atoms with Crippen LogP contribution >= 0.6 is 20.3 Å². The fourth-order valence-electron chi connectivity index (χ4n) is 1.85. The van der Waals surface area contributed by atoms with Gasteiger partial charge in [0.25, 0.3) is 5.91 Å². The first-order valence-corrected chi connectivity index (χ1v) is 7.37. The van der Waals surface area contributed by atoms with Gasteiger partial charge in [0, 0.05) is 12.4 Å². The molecule has 1 aliphatic heterocycles. The zero-order chi connectivity index (χ0) is 14.4. The van der Waals surface area contributed by atoms with Gasteiger partial charge in [0.05, 0.1) is 5.56 Å². The summed E-state index contributed by atoms with van der Waals surface area (Å²) in [6, 6.07) is 6.90. The Morgan fingerprint density at radius 3 is 2.85 bits per heavy atom. The average Bonchev–Trinajstić information content (AvgIpc) is 2.60. The van der Waals surface area contributed by atoms with Gasteiger partial charge in [-0.05, 0) is 25.0 Å². The van der Waals surface area contributed by atoms with Crippen LogP contribution in [0.1, 0.15) is 23.2 Å². The van der Waals surface area contributed by atoms with Crippen molar-refractivity contribution in [2.75, 3.05) is 12.4 Å². The predicted octanol–water partition coefficient (Wildman–Crippen LogP) is 3.56. The number of carbonyl (C=O) groups is 1. The van der Waals surface area contributed by atoms with Gasteiger partial charge in [0.1, 0.15) is 5.75 Å². The van der Waals surface area contributed by atoms with Crippen LogP contribution in [-0.4, -0.2) is 23.2 Å². The molecule has 2 rings (SSSR count). The van der Waals surface area contributed by atoms with Gasteiger partial charge >= 0.3 is 8.69 Å². The van der Waals surface area contributed by atoms with Crippen LogP contribution in [0, 0.1) is 0 Å². The lowest BCUT2D eigenvalue weighted by Gasteiger charge is -2.20. The Bertz CT molecular complexity index is 535. The topological polar surface area (TPSA) is 55.8 Å². The molecule has 1 aromatic carbocycles. The van der Waals surface area contributed by atoms with Crippen molar-refractivity contribution in [2.45, 2.75) is 12.8 Å². The van der Waals surface area contributed by atoms with E-state index < -0.39 is 8.69 Å². The minimum Gasteiger partial charge on any atom is -0.459 e. The maximum atomic E-state index is 12.5. The summed E-state index contributed by atoms with van der Waals surface area (Å²) in [6.45, 7) is 0.421. The Morgan fingerprint density at radius 2 is 2.10 bits per heavy atom. The monoisotopic (exact) mass is 313 g/mol. The molecule has 0 unspecified atom stereocenters. The molecule has 0 fully saturated rings. The molecule has 0 radical (unpaired) electrons. The van der Waals surface area contributed by atoms with E-state index in [1.54, 1.807) is 24.3 Å². The minimum absolute atomic E-state index is 0.123. The second-order valence-corrected chi connectivity index (χ2v) is 4.80. The highest BCUT2D eigenvalue weighted by Gasteiger charge is 2.27. The molecule has 5 nitrogen and oxygen atoms in total. The molecule has 0 N–H and O–H groups in total. The van der Waals surface area contributed by atoms with Gasteiger partial charge in [-0.1, -0.05) is 12.1 Å². The molecule has 20 heavy (non-hydrogen) atoms. The van der Waals surface area contributed by atoms with Crippen LogP contribution in [0.5, 0.6) is 5.75 Å². The van der Waals surface area contributed by atoms with E-state index in [1.807, 2.05) is 0 Å². The number of ether oxygens (including phenoxy) is 1. The van der Waals surface area contributed by atoms with Crippen LogP contribution in [0.2, 0.25) is 0 Å². The van der Waals surface area contributed by atoms with Gasteiger partial charge in [0.2, 0.25) is 5.88 Å². The summed E-state index contributed by atoms with van der Waals surface area (Å²) < 4.78 is 21.0. The van der Waals surface area contributed by atoms with Crippen molar-refractivity contribution in [3.05, 3.63) is 42.0 Å². The number of halogens is 1. The summed E-state index contributed by atoms with van der Waals surface area (Å²) in [5.74, 6) is 0.843. The Kier molecular flexibility index (Phi) is 5.39. The van der Waals surface area contributed by atoms with E-state index >= 15 is 0 Å². The van der Waals surface area contributed by atoms with Crippen LogP contribution in [0.3, 0.4) is 0 Å². The highest BCUT2D eigenvalue weighted by atomic mass is 35.5. The Balaban J connectivity index is 2.28. The standard InChI is InChI=1S/C13H13ClNO4P/c14-7-3-4-8-15-12(19-20-17)9-18-11-6-2-1-5-10(11)13(15)16/h1-2,5-6,9H,3-4,7-8H2. The second kappa shape index (κ2) is 7.27. The number of alkyl halides is 1. The van der Waals surface area contributed by atoms with Crippen molar-refractivity contribution in [1.29, 1.82) is 0 Å². The van der Waals surface area contributed by atoms with Crippen molar-refractivity contribution >= 4 is 26.2 Å². The zero-order valence-corrected chi connectivity index (χ0v) is 12.3. The fourth-order valence-corrected chi connectivity index (χ4v) is 2.26. The number of carbonyl (C=O) groups excluding carboxylic acids is 1. The van der Waals surface area contributed by atoms with Crippen LogP contribution in [-0.2, 0) is 9.09 Å². The summed E-state index contributed by atoms with van der Waals surface area (Å²) >= 11 is 5.64. The summed E-state index contributed by atoms with van der Waals surface area (Å²) in [7, 11) is -0.541. The molecule has 1 aromatic rings. The predicted molar refractivity (Wildman–Crippen MR) is 74.8 cm³/mol. The second-order valence-electron chi connectivity index (χ2n) is 4.09. The van der Waals surface area contributed by atoms with E-state index in [0.29, 0.717) is 30.2 Å². The first kappa shape index (κ1) is 14.8. The summed E-state index contributed by atoms with van der Waals surface area (Å²) in [5, 5.41) is 0. The summed E-state index contributed by atoms with van der Waals surface area (Å²) in [4.78, 5) is 13.9. The van der Waals surface area contributed by atoms with Gasteiger partial charge in [-0.25, -0.2) is 4.57 Å². The molecule has 7 heteroatoms. The third kappa shape index (κ3) is 3.30. The highest BCUT2D eigenvalue weighted by Crippen LogP contribution is 2.27. The largest absolute Gasteiger partial charge is 0.459 e. The van der Waals surface area contributed by atoms with E-state index in [1.165, 1.54) is 11.2 Å². The number of nitrogens with zero attached hydrogens (tertiary/aromatic N) is 1. The molecular formula is C13H13ClNO4P. The lowest BCUT2D eigenvalue weighted by Crippen LogP contribution is -2.31. The van der Waals surface area contributed by atoms with Gasteiger partial charge < -0.3 is 9.26 Å². The summed E-state index contributed by atoms with van der Waals surface area (Å²) in [6.07, 6.45) is 2.78. The minimum atomic E-state index is -0.541. The Hall–Kier alpha value is -1.58. The van der Waals surface area contributed by atoms with Gasteiger partial charge in [-0.15, -0.1) is 11.6 Å². The summed E-state index contributed by atoms with van der Waals surface area (Å²) in [5.41, 5.74) is 0.441. The molecular weight excluding hydrogens is 301 g/mol. The van der Waals surface area contributed by atoms with E-state index in [2.05, 4.69) is 0 Å². The highest BCUT2D eigenvalue weighted by molar-refractivity contribution is 7.17. The quantitative estimate of drug-likeness (QED) is 0.458.